The van der Waals surface area contributed by atoms with Crippen LogP contribution in [0.15, 0.2) is 56.3 Å². The molecule has 1 aromatic carbocycles. The summed E-state index contributed by atoms with van der Waals surface area (Å²) in [6.07, 6.45) is 3.96. The van der Waals surface area contributed by atoms with Gasteiger partial charge in [0.2, 0.25) is 0 Å². The summed E-state index contributed by atoms with van der Waals surface area (Å²) in [6.45, 7) is 0. The molecule has 19 heavy (non-hydrogen) atoms. The maximum absolute atomic E-state index is 12.0. The van der Waals surface area contributed by atoms with Crippen LogP contribution in [0.25, 0.3) is 0 Å². The summed E-state index contributed by atoms with van der Waals surface area (Å²) in [7, 11) is -3.82. The molecule has 0 heterocycles. The van der Waals surface area contributed by atoms with E-state index in [1.165, 1.54) is 42.5 Å². The summed E-state index contributed by atoms with van der Waals surface area (Å²) >= 11 is 8.73. The summed E-state index contributed by atoms with van der Waals surface area (Å²) < 4.78 is 27.9. The summed E-state index contributed by atoms with van der Waals surface area (Å²) in [5, 5.41) is 0.442. The number of carbonyl (C=O) groups is 1. The van der Waals surface area contributed by atoms with Crippen LogP contribution in [0.2, 0.25) is 5.02 Å². The van der Waals surface area contributed by atoms with Gasteiger partial charge in [0.05, 0.1) is 15.1 Å². The molecule has 0 bridgehead atoms. The van der Waals surface area contributed by atoms with Gasteiger partial charge in [-0.3, -0.25) is 4.79 Å². The minimum atomic E-state index is -3.82. The fraction of sp³-hybridized carbons (Fsp3) is 0. The van der Waals surface area contributed by atoms with Gasteiger partial charge in [-0.25, -0.2) is 0 Å². The Bertz CT molecular complexity index is 718. The van der Waals surface area contributed by atoms with E-state index in [0.717, 1.165) is 0 Å². The van der Waals surface area contributed by atoms with Crippen LogP contribution in [-0.2, 0) is 14.8 Å². The van der Waals surface area contributed by atoms with Crippen LogP contribution in [0, 0.1) is 0 Å². The molecule has 0 aromatic heterocycles. The molecule has 0 N–H and O–H groups in total. The highest BCUT2D eigenvalue weighted by Gasteiger charge is 2.15. The van der Waals surface area contributed by atoms with Gasteiger partial charge < -0.3 is 0 Å². The summed E-state index contributed by atoms with van der Waals surface area (Å²) in [5.41, 5.74) is 0.182. The lowest BCUT2D eigenvalue weighted by molar-refractivity contribution is -0.110. The maximum Gasteiger partial charge on any atom is 0.282 e. The van der Waals surface area contributed by atoms with Crippen molar-refractivity contribution in [2.75, 3.05) is 0 Å². The number of rotatable bonds is 2. The predicted molar refractivity (Wildman–Crippen MR) is 77.2 cm³/mol. The molecule has 0 unspecified atom stereocenters. The Kier molecular flexibility index (Phi) is 4.03. The predicted octanol–water partition coefficient (Wildman–Crippen LogP) is 2.89. The van der Waals surface area contributed by atoms with E-state index < -0.39 is 10.0 Å². The smallest absolute Gasteiger partial charge is 0.282 e. The largest absolute Gasteiger partial charge is 0.289 e. The number of hydrogen-bond acceptors (Lipinski definition) is 3. The first-order valence-electron chi connectivity index (χ1n) is 5.09. The minimum Gasteiger partial charge on any atom is -0.289 e. The lowest BCUT2D eigenvalue weighted by atomic mass is 10.2. The van der Waals surface area contributed by atoms with Crippen molar-refractivity contribution < 1.29 is 13.2 Å². The molecule has 0 radical (unpaired) electrons. The van der Waals surface area contributed by atoms with Crippen molar-refractivity contribution in [2.24, 2.45) is 4.40 Å². The lowest BCUT2D eigenvalue weighted by Crippen LogP contribution is -2.07. The Morgan fingerprint density at radius 1 is 1.11 bits per heavy atom. The van der Waals surface area contributed by atoms with Crippen LogP contribution in [0.1, 0.15) is 0 Å². The van der Waals surface area contributed by atoms with E-state index in [9.17, 15) is 13.2 Å². The third kappa shape index (κ3) is 3.40. The number of allylic oxidation sites excluding steroid dienone is 4. The second kappa shape index (κ2) is 5.40. The van der Waals surface area contributed by atoms with Crippen molar-refractivity contribution in [3.05, 3.63) is 52.0 Å². The zero-order valence-corrected chi connectivity index (χ0v) is 12.5. The molecule has 0 amide bonds. The Balaban J connectivity index is 2.40. The Morgan fingerprint density at radius 2 is 1.74 bits per heavy atom. The third-order valence-corrected chi connectivity index (χ3v) is 4.44. The summed E-state index contributed by atoms with van der Waals surface area (Å²) in [4.78, 5) is 11.2. The van der Waals surface area contributed by atoms with Crippen LogP contribution in [-0.4, -0.2) is 19.9 Å². The van der Waals surface area contributed by atoms with E-state index in [-0.39, 0.29) is 20.9 Å². The first kappa shape index (κ1) is 14.2. The molecule has 7 heteroatoms. The highest BCUT2D eigenvalue weighted by molar-refractivity contribution is 9.12. The Hall–Kier alpha value is -1.24. The van der Waals surface area contributed by atoms with E-state index in [0.29, 0.717) is 5.02 Å². The van der Waals surface area contributed by atoms with Crippen molar-refractivity contribution in [3.63, 3.8) is 0 Å². The molecule has 0 fully saturated rings. The van der Waals surface area contributed by atoms with Crippen LogP contribution in [0.3, 0.4) is 0 Å². The molecule has 0 spiro atoms. The number of sulfonamides is 1. The monoisotopic (exact) mass is 359 g/mol. The first-order valence-corrected chi connectivity index (χ1v) is 7.70. The maximum atomic E-state index is 12.0. The van der Waals surface area contributed by atoms with Gasteiger partial charge in [-0.2, -0.15) is 12.8 Å². The number of halogens is 2. The fourth-order valence-electron chi connectivity index (χ4n) is 1.34. The molecule has 98 valence electrons. The van der Waals surface area contributed by atoms with E-state index in [4.69, 9.17) is 11.6 Å². The Morgan fingerprint density at radius 3 is 2.32 bits per heavy atom. The second-order valence-electron chi connectivity index (χ2n) is 3.63. The van der Waals surface area contributed by atoms with E-state index >= 15 is 0 Å². The molecule has 0 atom stereocenters. The average molecular weight is 361 g/mol. The van der Waals surface area contributed by atoms with Crippen LogP contribution in [0.4, 0.5) is 0 Å². The third-order valence-electron chi connectivity index (χ3n) is 2.25. The van der Waals surface area contributed by atoms with Crippen LogP contribution >= 0.6 is 27.5 Å². The Labute approximate surface area is 123 Å². The SMILES string of the molecule is O=C1C=C/C(=N\S(=O)(=O)c2ccc(Cl)cc2)C=C1Br. The lowest BCUT2D eigenvalue weighted by Gasteiger charge is -2.03. The topological polar surface area (TPSA) is 63.6 Å². The van der Waals surface area contributed by atoms with Crippen LogP contribution < -0.4 is 0 Å². The van der Waals surface area contributed by atoms with Gasteiger partial charge in [-0.1, -0.05) is 11.6 Å². The quantitative estimate of drug-likeness (QED) is 0.762. The molecule has 1 aromatic rings. The van der Waals surface area contributed by atoms with Crippen molar-refractivity contribution in [3.8, 4) is 0 Å². The van der Waals surface area contributed by atoms with Gasteiger partial charge in [0.1, 0.15) is 0 Å². The average Bonchev–Trinajstić information content (AvgIpc) is 2.34. The summed E-state index contributed by atoms with van der Waals surface area (Å²) in [6, 6.07) is 5.69. The van der Waals surface area contributed by atoms with E-state index in [1.54, 1.807) is 0 Å². The normalized spacial score (nSPS) is 17.7. The molecular weight excluding hydrogens is 354 g/mol. The van der Waals surface area contributed by atoms with Crippen molar-refractivity contribution in [1.82, 2.24) is 0 Å². The van der Waals surface area contributed by atoms with Gasteiger partial charge in [0.15, 0.2) is 5.78 Å². The molecule has 0 aliphatic heterocycles. The van der Waals surface area contributed by atoms with Gasteiger partial charge in [-0.05, 0) is 58.4 Å². The fourth-order valence-corrected chi connectivity index (χ4v) is 2.81. The number of ketones is 1. The molecule has 4 nitrogen and oxygen atoms in total. The second-order valence-corrected chi connectivity index (χ2v) is 6.53. The number of hydrogen-bond donors (Lipinski definition) is 0. The zero-order valence-electron chi connectivity index (χ0n) is 9.38. The molecule has 1 aliphatic carbocycles. The van der Waals surface area contributed by atoms with Crippen LogP contribution in [0.5, 0.6) is 0 Å². The molecule has 0 saturated heterocycles. The molecule has 1 aliphatic rings. The molecular formula is C12H7BrClNO3S. The summed E-state index contributed by atoms with van der Waals surface area (Å²) in [5.74, 6) is -0.233. The van der Waals surface area contributed by atoms with Gasteiger partial charge in [0, 0.05) is 5.02 Å². The number of carbonyl (C=O) groups excluding carboxylic acids is 1. The van der Waals surface area contributed by atoms with E-state index in [1.807, 2.05) is 0 Å². The van der Waals surface area contributed by atoms with Gasteiger partial charge in [0.25, 0.3) is 10.0 Å². The van der Waals surface area contributed by atoms with Crippen molar-refractivity contribution >= 4 is 49.0 Å². The molecule has 0 saturated carbocycles. The van der Waals surface area contributed by atoms with Crippen molar-refractivity contribution in [2.45, 2.75) is 4.90 Å². The highest BCUT2D eigenvalue weighted by Crippen LogP contribution is 2.18. The first-order chi connectivity index (χ1) is 8.88. The van der Waals surface area contributed by atoms with Crippen molar-refractivity contribution in [1.29, 1.82) is 0 Å². The van der Waals surface area contributed by atoms with Gasteiger partial charge in [-0.15, -0.1) is 0 Å². The number of nitrogens with zero attached hydrogens (tertiary/aromatic N) is 1. The van der Waals surface area contributed by atoms with E-state index in [2.05, 4.69) is 20.3 Å². The zero-order chi connectivity index (χ0) is 14.0. The standard InChI is InChI=1S/C12H7BrClNO3S/c13-11-7-9(3-6-12(11)16)15-19(17,18)10-4-1-8(14)2-5-10/h1-7H/b15-9+. The minimum absolute atomic E-state index is 0.0409. The number of benzene rings is 1. The van der Waals surface area contributed by atoms with Gasteiger partial charge >= 0.3 is 0 Å². The highest BCUT2D eigenvalue weighted by atomic mass is 79.9. The molecule has 2 rings (SSSR count).